The van der Waals surface area contributed by atoms with E-state index < -0.39 is 0 Å². The van der Waals surface area contributed by atoms with Crippen LogP contribution in [0.3, 0.4) is 0 Å². The highest BCUT2D eigenvalue weighted by atomic mass is 32.1. The van der Waals surface area contributed by atoms with Gasteiger partial charge in [0.25, 0.3) is 0 Å². The molecule has 1 aromatic carbocycles. The van der Waals surface area contributed by atoms with Crippen molar-refractivity contribution >= 4 is 21.4 Å². The molecule has 2 aromatic rings. The molecule has 0 fully saturated rings. The molecule has 66 valence electrons. The first kappa shape index (κ1) is 8.55. The third-order valence-corrected chi connectivity index (χ3v) is 2.84. The van der Waals surface area contributed by atoms with Gasteiger partial charge in [0, 0.05) is 0 Å². The van der Waals surface area contributed by atoms with Gasteiger partial charge in [-0.1, -0.05) is 11.3 Å². The lowest BCUT2D eigenvalue weighted by Crippen LogP contribution is -1.78. The van der Waals surface area contributed by atoms with Gasteiger partial charge < -0.3 is 5.11 Å². The van der Waals surface area contributed by atoms with Crippen molar-refractivity contribution in [1.82, 2.24) is 0 Å². The van der Waals surface area contributed by atoms with Crippen LogP contribution in [0.2, 0.25) is 0 Å². The SMILES string of the molecule is N#Cc1cc(C#N)c2sc(O)cc2c1. The van der Waals surface area contributed by atoms with Crippen molar-refractivity contribution in [2.45, 2.75) is 0 Å². The molecule has 0 saturated heterocycles. The Morgan fingerprint density at radius 3 is 2.57 bits per heavy atom. The summed E-state index contributed by atoms with van der Waals surface area (Å²) >= 11 is 1.15. The van der Waals surface area contributed by atoms with Gasteiger partial charge in [-0.05, 0) is 23.6 Å². The van der Waals surface area contributed by atoms with Gasteiger partial charge in [0.2, 0.25) is 0 Å². The number of nitriles is 2. The molecular weight excluding hydrogens is 196 g/mol. The van der Waals surface area contributed by atoms with Crippen LogP contribution in [0.5, 0.6) is 5.06 Å². The van der Waals surface area contributed by atoms with Crippen LogP contribution in [-0.2, 0) is 0 Å². The van der Waals surface area contributed by atoms with Crippen molar-refractivity contribution in [3.05, 3.63) is 29.3 Å². The molecule has 0 radical (unpaired) electrons. The Morgan fingerprint density at radius 2 is 1.93 bits per heavy atom. The number of benzene rings is 1. The first-order valence-electron chi connectivity index (χ1n) is 3.81. The van der Waals surface area contributed by atoms with E-state index in [0.717, 1.165) is 21.4 Å². The summed E-state index contributed by atoms with van der Waals surface area (Å²) in [6.07, 6.45) is 0. The largest absolute Gasteiger partial charge is 0.499 e. The normalized spacial score (nSPS) is 9.57. The molecule has 2 rings (SSSR count). The zero-order chi connectivity index (χ0) is 10.1. The number of hydrogen-bond donors (Lipinski definition) is 1. The summed E-state index contributed by atoms with van der Waals surface area (Å²) in [6, 6.07) is 8.72. The maximum Gasteiger partial charge on any atom is 0.172 e. The lowest BCUT2D eigenvalue weighted by molar-refractivity contribution is 0.491. The quantitative estimate of drug-likeness (QED) is 0.709. The van der Waals surface area contributed by atoms with E-state index >= 15 is 0 Å². The van der Waals surface area contributed by atoms with Crippen molar-refractivity contribution in [2.75, 3.05) is 0 Å². The average molecular weight is 200 g/mol. The molecule has 0 saturated carbocycles. The molecule has 3 nitrogen and oxygen atoms in total. The fourth-order valence-corrected chi connectivity index (χ4v) is 2.13. The Labute approximate surface area is 84.1 Å². The van der Waals surface area contributed by atoms with Crippen molar-refractivity contribution in [3.63, 3.8) is 0 Å². The van der Waals surface area contributed by atoms with E-state index in [2.05, 4.69) is 0 Å². The zero-order valence-electron chi connectivity index (χ0n) is 6.98. The lowest BCUT2D eigenvalue weighted by Gasteiger charge is -1.93. The molecule has 0 bridgehead atoms. The first-order chi connectivity index (χ1) is 6.74. The monoisotopic (exact) mass is 200 g/mol. The molecule has 4 heteroatoms. The number of aromatic hydroxyl groups is 1. The van der Waals surface area contributed by atoms with E-state index in [4.69, 9.17) is 10.5 Å². The van der Waals surface area contributed by atoms with Crippen LogP contribution in [0.1, 0.15) is 11.1 Å². The predicted octanol–water partition coefficient (Wildman–Crippen LogP) is 2.35. The van der Waals surface area contributed by atoms with Crippen LogP contribution in [0.25, 0.3) is 10.1 Å². The number of hydrogen-bond acceptors (Lipinski definition) is 4. The molecule has 1 N–H and O–H groups in total. The molecule has 0 aliphatic rings. The number of fused-ring (bicyclic) bond motifs is 1. The fourth-order valence-electron chi connectivity index (χ4n) is 1.29. The Balaban J connectivity index is 2.89. The van der Waals surface area contributed by atoms with Crippen molar-refractivity contribution in [3.8, 4) is 17.2 Å². The van der Waals surface area contributed by atoms with Gasteiger partial charge in [-0.3, -0.25) is 0 Å². The first-order valence-corrected chi connectivity index (χ1v) is 4.63. The maximum atomic E-state index is 9.27. The molecule has 0 aliphatic carbocycles. The minimum Gasteiger partial charge on any atom is -0.499 e. The summed E-state index contributed by atoms with van der Waals surface area (Å²) in [4.78, 5) is 0. The topological polar surface area (TPSA) is 67.8 Å². The van der Waals surface area contributed by atoms with Gasteiger partial charge in [0.15, 0.2) is 5.06 Å². The van der Waals surface area contributed by atoms with E-state index in [0.29, 0.717) is 11.1 Å². The number of rotatable bonds is 0. The van der Waals surface area contributed by atoms with E-state index in [1.54, 1.807) is 12.1 Å². The summed E-state index contributed by atoms with van der Waals surface area (Å²) < 4.78 is 0.726. The third-order valence-electron chi connectivity index (χ3n) is 1.85. The Bertz CT molecular complexity index is 586. The van der Waals surface area contributed by atoms with Crippen LogP contribution in [0.15, 0.2) is 18.2 Å². The predicted molar refractivity (Wildman–Crippen MR) is 52.9 cm³/mol. The molecule has 14 heavy (non-hydrogen) atoms. The van der Waals surface area contributed by atoms with Gasteiger partial charge in [0.1, 0.15) is 6.07 Å². The highest BCUT2D eigenvalue weighted by Gasteiger charge is 2.07. The van der Waals surface area contributed by atoms with Gasteiger partial charge in [0.05, 0.1) is 21.9 Å². The second kappa shape index (κ2) is 3.02. The number of thiophene rings is 1. The van der Waals surface area contributed by atoms with E-state index in [-0.39, 0.29) is 5.06 Å². The molecule has 0 atom stereocenters. The summed E-state index contributed by atoms with van der Waals surface area (Å²) in [7, 11) is 0. The van der Waals surface area contributed by atoms with Gasteiger partial charge in [-0.2, -0.15) is 10.5 Å². The summed E-state index contributed by atoms with van der Waals surface area (Å²) in [5.41, 5.74) is 0.871. The molecule has 0 unspecified atom stereocenters. The molecule has 0 aliphatic heterocycles. The smallest absolute Gasteiger partial charge is 0.172 e. The number of nitrogens with zero attached hydrogens (tertiary/aromatic N) is 2. The Hall–Kier alpha value is -2.04. The summed E-state index contributed by atoms with van der Waals surface area (Å²) in [5.74, 6) is 0. The minimum atomic E-state index is 0.159. The minimum absolute atomic E-state index is 0.159. The Kier molecular flexibility index (Phi) is 1.85. The summed E-state index contributed by atoms with van der Waals surface area (Å²) in [5, 5.41) is 27.7. The maximum absolute atomic E-state index is 9.27. The second-order valence-corrected chi connectivity index (χ2v) is 3.78. The fraction of sp³-hybridized carbons (Fsp3) is 0. The van der Waals surface area contributed by atoms with Crippen LogP contribution in [0.4, 0.5) is 0 Å². The molecule has 0 spiro atoms. The van der Waals surface area contributed by atoms with Crippen molar-refractivity contribution < 1.29 is 5.11 Å². The molecular formula is C10H4N2OS. The van der Waals surface area contributed by atoms with Crippen LogP contribution in [0, 0.1) is 22.7 Å². The van der Waals surface area contributed by atoms with E-state index in [1.165, 1.54) is 6.07 Å². The highest BCUT2D eigenvalue weighted by molar-refractivity contribution is 7.20. The van der Waals surface area contributed by atoms with E-state index in [1.807, 2.05) is 12.1 Å². The van der Waals surface area contributed by atoms with Crippen LogP contribution >= 0.6 is 11.3 Å². The van der Waals surface area contributed by atoms with Gasteiger partial charge in [-0.15, -0.1) is 0 Å². The standard InChI is InChI=1S/C10H4N2OS/c11-4-6-1-7-3-9(13)14-10(7)8(2-6)5-12/h1-3,13H. The van der Waals surface area contributed by atoms with Crippen molar-refractivity contribution in [1.29, 1.82) is 10.5 Å². The van der Waals surface area contributed by atoms with Gasteiger partial charge in [-0.25, -0.2) is 0 Å². The molecule has 0 amide bonds. The third kappa shape index (κ3) is 1.19. The molecule has 1 heterocycles. The van der Waals surface area contributed by atoms with Crippen LogP contribution < -0.4 is 0 Å². The second-order valence-electron chi connectivity index (χ2n) is 2.75. The summed E-state index contributed by atoms with van der Waals surface area (Å²) in [6.45, 7) is 0. The molecule has 1 aromatic heterocycles. The average Bonchev–Trinajstić information content (AvgIpc) is 2.56. The van der Waals surface area contributed by atoms with E-state index in [9.17, 15) is 5.11 Å². The van der Waals surface area contributed by atoms with Crippen LogP contribution in [-0.4, -0.2) is 5.11 Å². The lowest BCUT2D eigenvalue weighted by atomic mass is 10.1. The van der Waals surface area contributed by atoms with Gasteiger partial charge >= 0.3 is 0 Å². The zero-order valence-corrected chi connectivity index (χ0v) is 7.80. The van der Waals surface area contributed by atoms with Crippen molar-refractivity contribution in [2.24, 2.45) is 0 Å². The highest BCUT2D eigenvalue weighted by Crippen LogP contribution is 2.33. The Morgan fingerprint density at radius 1 is 1.14 bits per heavy atom.